The molecular formula is C25H25ClN4O3. The van der Waals surface area contributed by atoms with E-state index in [1.807, 2.05) is 12.1 Å². The molecule has 7 nitrogen and oxygen atoms in total. The number of ether oxygens (including phenoxy) is 1. The molecule has 0 unspecified atom stereocenters. The fourth-order valence-corrected chi connectivity index (χ4v) is 4.01. The first kappa shape index (κ1) is 22.6. The highest BCUT2D eigenvalue weighted by Crippen LogP contribution is 2.25. The largest absolute Gasteiger partial charge is 0.449 e. The first-order chi connectivity index (χ1) is 16.1. The minimum absolute atomic E-state index is 0.309. The van der Waals surface area contributed by atoms with Crippen molar-refractivity contribution >= 4 is 40.7 Å². The summed E-state index contributed by atoms with van der Waals surface area (Å²) < 4.78 is 5.48. The number of rotatable bonds is 6. The number of nitrogens with one attached hydrogen (secondary N) is 2. The molecule has 2 heterocycles. The van der Waals surface area contributed by atoms with E-state index in [9.17, 15) is 9.59 Å². The van der Waals surface area contributed by atoms with E-state index >= 15 is 0 Å². The Hall–Kier alpha value is -3.58. The number of nitrogens with zero attached hydrogens (tertiary/aromatic N) is 2. The van der Waals surface area contributed by atoms with Gasteiger partial charge in [0.25, 0.3) is 5.91 Å². The molecule has 1 aliphatic heterocycles. The number of pyridine rings is 1. The Morgan fingerprint density at radius 2 is 1.58 bits per heavy atom. The van der Waals surface area contributed by atoms with Crippen LogP contribution in [0.2, 0.25) is 5.02 Å². The summed E-state index contributed by atoms with van der Waals surface area (Å²) in [6.45, 7) is 2.18. The summed E-state index contributed by atoms with van der Waals surface area (Å²) in [4.78, 5) is 31.4. The lowest BCUT2D eigenvalue weighted by atomic mass is 9.97. The average Bonchev–Trinajstić information content (AvgIpc) is 2.85. The van der Waals surface area contributed by atoms with E-state index in [0.29, 0.717) is 34.5 Å². The predicted octanol–water partition coefficient (Wildman–Crippen LogP) is 5.45. The van der Waals surface area contributed by atoms with Gasteiger partial charge in [0.1, 0.15) is 0 Å². The molecule has 0 aliphatic carbocycles. The molecule has 1 aromatic heterocycles. The zero-order valence-corrected chi connectivity index (χ0v) is 18.8. The molecule has 0 spiro atoms. The number of carbonyl (C=O) groups excluding carboxylic acids is 2. The zero-order valence-electron chi connectivity index (χ0n) is 18.0. The van der Waals surface area contributed by atoms with E-state index in [1.54, 1.807) is 60.9 Å². The number of benzene rings is 2. The molecule has 2 N–H and O–H groups in total. The van der Waals surface area contributed by atoms with Gasteiger partial charge in [-0.3, -0.25) is 15.1 Å². The van der Waals surface area contributed by atoms with E-state index in [2.05, 4.69) is 20.5 Å². The Bertz CT molecular complexity index is 1100. The molecule has 0 saturated carbocycles. The molecule has 1 saturated heterocycles. The second-order valence-electron chi connectivity index (χ2n) is 7.84. The van der Waals surface area contributed by atoms with E-state index in [4.69, 9.17) is 16.3 Å². The van der Waals surface area contributed by atoms with Crippen LogP contribution in [0.15, 0.2) is 73.1 Å². The number of para-hydroxylation sites is 2. The van der Waals surface area contributed by atoms with Crippen molar-refractivity contribution in [3.63, 3.8) is 0 Å². The third kappa shape index (κ3) is 6.02. The van der Waals surface area contributed by atoms with Crippen LogP contribution >= 0.6 is 11.6 Å². The monoisotopic (exact) mass is 464 g/mol. The Labute approximate surface area is 197 Å². The highest BCUT2D eigenvalue weighted by Gasteiger charge is 2.21. The van der Waals surface area contributed by atoms with Gasteiger partial charge >= 0.3 is 6.09 Å². The van der Waals surface area contributed by atoms with Gasteiger partial charge in [0, 0.05) is 31.2 Å². The van der Waals surface area contributed by atoms with Crippen molar-refractivity contribution in [3.05, 3.63) is 83.6 Å². The summed E-state index contributed by atoms with van der Waals surface area (Å²) in [5.41, 5.74) is 2.44. The zero-order chi connectivity index (χ0) is 23.0. The van der Waals surface area contributed by atoms with E-state index in [-0.39, 0.29) is 5.91 Å². The molecule has 3 aromatic rings. The summed E-state index contributed by atoms with van der Waals surface area (Å²) in [6.07, 6.45) is 4.93. The number of amides is 2. The van der Waals surface area contributed by atoms with E-state index < -0.39 is 6.09 Å². The first-order valence-corrected chi connectivity index (χ1v) is 11.2. The Morgan fingerprint density at radius 3 is 2.27 bits per heavy atom. The van der Waals surface area contributed by atoms with Crippen LogP contribution in [0, 0.1) is 5.92 Å². The van der Waals surface area contributed by atoms with Crippen molar-refractivity contribution in [2.24, 2.45) is 5.92 Å². The first-order valence-electron chi connectivity index (χ1n) is 10.8. The van der Waals surface area contributed by atoms with Crippen LogP contribution in [0.1, 0.15) is 23.2 Å². The number of hydrogen-bond donors (Lipinski definition) is 2. The normalized spacial score (nSPS) is 13.9. The number of carbonyl (C=O) groups is 2. The summed E-state index contributed by atoms with van der Waals surface area (Å²) in [5, 5.41) is 5.88. The lowest BCUT2D eigenvalue weighted by molar-refractivity contribution is 0.102. The molecule has 1 fully saturated rings. The molecule has 0 radical (unpaired) electrons. The molecular weight excluding hydrogens is 440 g/mol. The lowest BCUT2D eigenvalue weighted by Gasteiger charge is -2.33. The second-order valence-corrected chi connectivity index (χ2v) is 8.25. The molecule has 1 aliphatic rings. The molecule has 33 heavy (non-hydrogen) atoms. The van der Waals surface area contributed by atoms with Gasteiger partial charge in [-0.05, 0) is 55.2 Å². The minimum atomic E-state index is -0.550. The maximum atomic E-state index is 12.6. The van der Waals surface area contributed by atoms with Gasteiger partial charge in [0.15, 0.2) is 0 Å². The van der Waals surface area contributed by atoms with Gasteiger partial charge in [-0.15, -0.1) is 0 Å². The topological polar surface area (TPSA) is 83.6 Å². The number of piperidine rings is 1. The van der Waals surface area contributed by atoms with Crippen LogP contribution in [0.4, 0.5) is 21.9 Å². The third-order valence-corrected chi connectivity index (χ3v) is 5.95. The van der Waals surface area contributed by atoms with Gasteiger partial charge in [-0.25, -0.2) is 4.79 Å². The second kappa shape index (κ2) is 10.8. The van der Waals surface area contributed by atoms with Crippen molar-refractivity contribution in [2.75, 3.05) is 35.2 Å². The van der Waals surface area contributed by atoms with Gasteiger partial charge in [-0.2, -0.15) is 0 Å². The number of anilines is 3. The predicted molar refractivity (Wildman–Crippen MR) is 130 cm³/mol. The van der Waals surface area contributed by atoms with Crippen molar-refractivity contribution in [2.45, 2.75) is 12.8 Å². The van der Waals surface area contributed by atoms with Crippen molar-refractivity contribution in [3.8, 4) is 0 Å². The SMILES string of the molecule is O=C(Nc1ccccc1NC(=O)c1ccccc1Cl)OCC1CCN(c2ccncc2)CC1. The van der Waals surface area contributed by atoms with Crippen LogP contribution in [0.25, 0.3) is 0 Å². The highest BCUT2D eigenvalue weighted by molar-refractivity contribution is 6.34. The average molecular weight is 465 g/mol. The van der Waals surface area contributed by atoms with Crippen molar-refractivity contribution in [1.82, 2.24) is 4.98 Å². The molecule has 8 heteroatoms. The van der Waals surface area contributed by atoms with Gasteiger partial charge in [0.2, 0.25) is 0 Å². The van der Waals surface area contributed by atoms with Gasteiger partial charge < -0.3 is 15.0 Å². The molecule has 2 amide bonds. The summed E-state index contributed by atoms with van der Waals surface area (Å²) in [7, 11) is 0. The summed E-state index contributed by atoms with van der Waals surface area (Å²) >= 11 is 6.11. The third-order valence-electron chi connectivity index (χ3n) is 5.62. The van der Waals surface area contributed by atoms with Crippen LogP contribution in [0.5, 0.6) is 0 Å². The molecule has 0 bridgehead atoms. The van der Waals surface area contributed by atoms with E-state index in [1.165, 1.54) is 0 Å². The number of halogens is 1. The Morgan fingerprint density at radius 1 is 0.939 bits per heavy atom. The summed E-state index contributed by atoms with van der Waals surface area (Å²) in [6, 6.07) is 17.8. The molecule has 2 aromatic carbocycles. The Kier molecular flexibility index (Phi) is 7.42. The molecule has 4 rings (SSSR count). The Balaban J connectivity index is 1.28. The van der Waals surface area contributed by atoms with Crippen molar-refractivity contribution in [1.29, 1.82) is 0 Å². The maximum absolute atomic E-state index is 12.6. The molecule has 0 atom stereocenters. The summed E-state index contributed by atoms with van der Waals surface area (Å²) in [5.74, 6) is -0.0480. The number of aromatic nitrogens is 1. The van der Waals surface area contributed by atoms with Gasteiger partial charge in [0.05, 0.1) is 28.6 Å². The fourth-order valence-electron chi connectivity index (χ4n) is 3.79. The number of hydrogen-bond acceptors (Lipinski definition) is 5. The van der Waals surface area contributed by atoms with Crippen LogP contribution < -0.4 is 15.5 Å². The van der Waals surface area contributed by atoms with E-state index in [0.717, 1.165) is 31.6 Å². The highest BCUT2D eigenvalue weighted by atomic mass is 35.5. The van der Waals surface area contributed by atoms with Crippen molar-refractivity contribution < 1.29 is 14.3 Å². The minimum Gasteiger partial charge on any atom is -0.449 e. The van der Waals surface area contributed by atoms with Crippen LogP contribution in [-0.4, -0.2) is 36.7 Å². The van der Waals surface area contributed by atoms with Gasteiger partial charge in [-0.1, -0.05) is 35.9 Å². The molecule has 170 valence electrons. The fraction of sp³-hybridized carbons (Fsp3) is 0.240. The lowest BCUT2D eigenvalue weighted by Crippen LogP contribution is -2.35. The van der Waals surface area contributed by atoms with Crippen LogP contribution in [0.3, 0.4) is 0 Å². The smallest absolute Gasteiger partial charge is 0.411 e. The maximum Gasteiger partial charge on any atom is 0.411 e. The standard InChI is InChI=1S/C25H25ClN4O3/c26-21-6-2-1-5-20(21)24(31)28-22-7-3-4-8-23(22)29-25(32)33-17-18-11-15-30(16-12-18)19-9-13-27-14-10-19/h1-10,13-14,18H,11-12,15-17H2,(H,28,31)(H,29,32). The van der Waals surface area contributed by atoms with Crippen LogP contribution in [-0.2, 0) is 4.74 Å². The quantitative estimate of drug-likeness (QED) is 0.506.